The van der Waals surface area contributed by atoms with Gasteiger partial charge in [-0.25, -0.2) is 0 Å². The lowest BCUT2D eigenvalue weighted by Gasteiger charge is -2.06. The zero-order chi connectivity index (χ0) is 13.4. The second-order valence-electron chi connectivity index (χ2n) is 3.90. The van der Waals surface area contributed by atoms with Gasteiger partial charge in [0.15, 0.2) is 0 Å². The second-order valence-corrected chi connectivity index (χ2v) is 5.87. The van der Waals surface area contributed by atoms with Crippen molar-refractivity contribution in [2.24, 2.45) is 0 Å². The number of rotatable bonds is 2. The fourth-order valence-corrected chi connectivity index (χ4v) is 3.19. The van der Waals surface area contributed by atoms with Gasteiger partial charge in [-0.1, -0.05) is 11.8 Å². The van der Waals surface area contributed by atoms with Crippen molar-refractivity contribution in [3.8, 4) is 0 Å². The van der Waals surface area contributed by atoms with Crippen LogP contribution in [0.2, 0.25) is 0 Å². The molecule has 0 unspecified atom stereocenters. The molecule has 0 saturated heterocycles. The molecular weight excluding hydrogens is 328 g/mol. The Bertz CT molecular complexity index is 689. The highest BCUT2D eigenvalue weighted by Crippen LogP contribution is 2.38. The van der Waals surface area contributed by atoms with Crippen molar-refractivity contribution >= 4 is 45.1 Å². The molecule has 2 heterocycles. The third-order valence-corrected chi connectivity index (χ3v) is 4.63. The number of amides is 1. The number of benzene rings is 1. The summed E-state index contributed by atoms with van der Waals surface area (Å²) in [6.45, 7) is 0. The summed E-state index contributed by atoms with van der Waals surface area (Å²) in [5.41, 5.74) is 0.978. The minimum atomic E-state index is -0.576. The Kier molecular flexibility index (Phi) is 3.12. The zero-order valence-corrected chi connectivity index (χ0v) is 11.9. The minimum Gasteiger partial charge on any atom is -0.318 e. The lowest BCUT2D eigenvalue weighted by Crippen LogP contribution is -2.12. The van der Waals surface area contributed by atoms with Gasteiger partial charge in [0, 0.05) is 26.7 Å². The van der Waals surface area contributed by atoms with E-state index in [0.717, 1.165) is 14.3 Å². The van der Waals surface area contributed by atoms with Crippen LogP contribution in [0.15, 0.2) is 50.9 Å². The molecule has 1 aliphatic heterocycles. The van der Waals surface area contributed by atoms with Crippen LogP contribution in [0.1, 0.15) is 10.4 Å². The maximum atomic E-state index is 11.6. The Morgan fingerprint density at radius 3 is 2.63 bits per heavy atom. The molecule has 0 radical (unpaired) electrons. The minimum absolute atomic E-state index is 0.413. The molecule has 4 nitrogen and oxygen atoms in total. The number of halogens is 1. The summed E-state index contributed by atoms with van der Waals surface area (Å²) < 4.78 is 0.790. The van der Waals surface area contributed by atoms with E-state index >= 15 is 0 Å². The van der Waals surface area contributed by atoms with Crippen LogP contribution in [0.4, 0.5) is 5.69 Å². The molecule has 19 heavy (non-hydrogen) atoms. The van der Waals surface area contributed by atoms with Gasteiger partial charge < -0.3 is 5.32 Å². The van der Waals surface area contributed by atoms with Gasteiger partial charge in [0.1, 0.15) is 0 Å². The number of aromatic nitrogens is 1. The van der Waals surface area contributed by atoms with E-state index in [9.17, 15) is 9.59 Å². The lowest BCUT2D eigenvalue weighted by atomic mass is 10.1. The number of nitrogens with one attached hydrogen (secondary N) is 1. The fraction of sp³-hybridized carbons (Fsp3) is 0. The summed E-state index contributed by atoms with van der Waals surface area (Å²) >= 11 is 4.96. The number of carbonyl (C=O) groups is 2. The van der Waals surface area contributed by atoms with E-state index in [2.05, 4.69) is 26.2 Å². The summed E-state index contributed by atoms with van der Waals surface area (Å²) in [6, 6.07) is 7.27. The highest BCUT2D eigenvalue weighted by atomic mass is 79.9. The van der Waals surface area contributed by atoms with E-state index in [1.165, 1.54) is 11.8 Å². The molecule has 0 aliphatic carbocycles. The van der Waals surface area contributed by atoms with Crippen molar-refractivity contribution in [3.63, 3.8) is 0 Å². The first-order chi connectivity index (χ1) is 9.15. The topological polar surface area (TPSA) is 59.1 Å². The van der Waals surface area contributed by atoms with Crippen molar-refractivity contribution in [2.75, 3.05) is 5.32 Å². The van der Waals surface area contributed by atoms with Crippen LogP contribution in [-0.4, -0.2) is 16.7 Å². The molecule has 1 amide bonds. The quantitative estimate of drug-likeness (QED) is 0.857. The van der Waals surface area contributed by atoms with Gasteiger partial charge in [-0.2, -0.15) is 0 Å². The Balaban J connectivity index is 1.99. The SMILES string of the molecule is O=C1Nc2cc(Sc3ccncc3)c(Br)cc2C1=O. The van der Waals surface area contributed by atoms with Crippen LogP contribution in [-0.2, 0) is 4.79 Å². The average Bonchev–Trinajstić information content (AvgIpc) is 2.67. The maximum Gasteiger partial charge on any atom is 0.296 e. The van der Waals surface area contributed by atoms with E-state index in [1.807, 2.05) is 12.1 Å². The molecule has 0 bridgehead atoms. The number of nitrogens with zero attached hydrogens (tertiary/aromatic N) is 1. The van der Waals surface area contributed by atoms with Gasteiger partial charge in [0.2, 0.25) is 0 Å². The number of fused-ring (bicyclic) bond motifs is 1. The maximum absolute atomic E-state index is 11.6. The fourth-order valence-electron chi connectivity index (χ4n) is 1.76. The summed E-state index contributed by atoms with van der Waals surface area (Å²) in [5, 5.41) is 2.57. The van der Waals surface area contributed by atoms with Crippen LogP contribution in [0.25, 0.3) is 0 Å². The van der Waals surface area contributed by atoms with Crippen molar-refractivity contribution in [2.45, 2.75) is 9.79 Å². The molecule has 1 aromatic carbocycles. The summed E-state index contributed by atoms with van der Waals surface area (Å²) in [6.07, 6.45) is 3.43. The normalized spacial score (nSPS) is 13.3. The third kappa shape index (κ3) is 2.29. The summed E-state index contributed by atoms with van der Waals surface area (Å²) in [7, 11) is 0. The van der Waals surface area contributed by atoms with Gasteiger partial charge in [0.05, 0.1) is 11.3 Å². The van der Waals surface area contributed by atoms with Crippen molar-refractivity contribution in [3.05, 3.63) is 46.7 Å². The monoisotopic (exact) mass is 334 g/mol. The lowest BCUT2D eigenvalue weighted by molar-refractivity contribution is -0.112. The molecular formula is C13H7BrN2O2S. The first-order valence-electron chi connectivity index (χ1n) is 5.42. The largest absolute Gasteiger partial charge is 0.318 e. The first kappa shape index (κ1) is 12.4. The molecule has 3 rings (SSSR count). The molecule has 1 N–H and O–H groups in total. The van der Waals surface area contributed by atoms with Gasteiger partial charge in [0.25, 0.3) is 11.7 Å². The Labute approximate surface area is 121 Å². The molecule has 2 aromatic rings. The van der Waals surface area contributed by atoms with Gasteiger partial charge in [-0.15, -0.1) is 0 Å². The molecule has 0 atom stereocenters. The van der Waals surface area contributed by atoms with Crippen molar-refractivity contribution < 1.29 is 9.59 Å². The number of carbonyl (C=O) groups excluding carboxylic acids is 2. The summed E-state index contributed by atoms with van der Waals surface area (Å²) in [5.74, 6) is -1.07. The molecule has 94 valence electrons. The van der Waals surface area contributed by atoms with Crippen LogP contribution in [0.3, 0.4) is 0 Å². The second kappa shape index (κ2) is 4.79. The molecule has 6 heteroatoms. The Morgan fingerprint density at radius 2 is 1.89 bits per heavy atom. The van der Waals surface area contributed by atoms with Gasteiger partial charge in [-0.3, -0.25) is 14.6 Å². The standard InChI is InChI=1S/C13H7BrN2O2S/c14-9-5-8-10(16-13(18)12(8)17)6-11(9)19-7-1-3-15-4-2-7/h1-6H,(H,16,17,18). The van der Waals surface area contributed by atoms with Crippen molar-refractivity contribution in [1.82, 2.24) is 4.98 Å². The summed E-state index contributed by atoms with van der Waals surface area (Å²) in [4.78, 5) is 28.8. The highest BCUT2D eigenvalue weighted by Gasteiger charge is 2.29. The predicted octanol–water partition coefficient (Wildman–Crippen LogP) is 3.13. The van der Waals surface area contributed by atoms with Crippen LogP contribution in [0, 0.1) is 0 Å². The van der Waals surface area contributed by atoms with Crippen LogP contribution < -0.4 is 5.32 Å². The van der Waals surface area contributed by atoms with Gasteiger partial charge in [-0.05, 0) is 40.2 Å². The number of ketones is 1. The highest BCUT2D eigenvalue weighted by molar-refractivity contribution is 9.10. The first-order valence-corrected chi connectivity index (χ1v) is 7.03. The number of anilines is 1. The van der Waals surface area contributed by atoms with E-state index in [4.69, 9.17) is 0 Å². The molecule has 1 aromatic heterocycles. The molecule has 1 aliphatic rings. The predicted molar refractivity (Wildman–Crippen MR) is 75.5 cm³/mol. The van der Waals surface area contributed by atoms with Gasteiger partial charge >= 0.3 is 0 Å². The number of hydrogen-bond donors (Lipinski definition) is 1. The van der Waals surface area contributed by atoms with E-state index in [0.29, 0.717) is 11.3 Å². The zero-order valence-electron chi connectivity index (χ0n) is 9.51. The molecule has 0 saturated carbocycles. The number of Topliss-reactive ketones (excluding diaryl/α,β-unsaturated/α-hetero) is 1. The Morgan fingerprint density at radius 1 is 1.16 bits per heavy atom. The number of hydrogen-bond acceptors (Lipinski definition) is 4. The van der Waals surface area contributed by atoms with E-state index < -0.39 is 11.7 Å². The van der Waals surface area contributed by atoms with E-state index in [-0.39, 0.29) is 0 Å². The smallest absolute Gasteiger partial charge is 0.296 e. The third-order valence-electron chi connectivity index (χ3n) is 2.65. The van der Waals surface area contributed by atoms with Crippen LogP contribution in [0.5, 0.6) is 0 Å². The molecule has 0 fully saturated rings. The molecule has 0 spiro atoms. The van der Waals surface area contributed by atoms with Crippen molar-refractivity contribution in [1.29, 1.82) is 0 Å². The number of pyridine rings is 1. The van der Waals surface area contributed by atoms with E-state index in [1.54, 1.807) is 24.5 Å². The average molecular weight is 335 g/mol. The van der Waals surface area contributed by atoms with Crippen LogP contribution >= 0.6 is 27.7 Å². The Hall–Kier alpha value is -1.66.